The molecule has 0 spiro atoms. The fraction of sp³-hybridized carbons (Fsp3) is 0.222. The van der Waals surface area contributed by atoms with Crippen LogP contribution in [-0.4, -0.2) is 24.9 Å². The average molecular weight is 326 g/mol. The van der Waals surface area contributed by atoms with Crippen molar-refractivity contribution in [1.29, 1.82) is 0 Å². The molecular formula is C18H22N4O2. The van der Waals surface area contributed by atoms with Gasteiger partial charge in [0, 0.05) is 24.5 Å². The monoisotopic (exact) mass is 326 g/mol. The average Bonchev–Trinajstić information content (AvgIpc) is 2.58. The number of anilines is 2. The van der Waals surface area contributed by atoms with Gasteiger partial charge in [-0.2, -0.15) is 0 Å². The lowest BCUT2D eigenvalue weighted by Crippen LogP contribution is -2.41. The Hall–Kier alpha value is -3.02. The van der Waals surface area contributed by atoms with Gasteiger partial charge in [-0.3, -0.25) is 9.59 Å². The van der Waals surface area contributed by atoms with Crippen LogP contribution < -0.4 is 22.1 Å². The highest BCUT2D eigenvalue weighted by Gasteiger charge is 2.11. The lowest BCUT2D eigenvalue weighted by atomic mass is 10.1. The van der Waals surface area contributed by atoms with Crippen molar-refractivity contribution in [2.24, 2.45) is 0 Å². The predicted molar refractivity (Wildman–Crippen MR) is 95.1 cm³/mol. The van der Waals surface area contributed by atoms with Gasteiger partial charge < -0.3 is 22.1 Å². The van der Waals surface area contributed by atoms with Gasteiger partial charge in [-0.05, 0) is 48.2 Å². The molecule has 0 fully saturated rings. The van der Waals surface area contributed by atoms with Gasteiger partial charge >= 0.3 is 11.8 Å². The molecule has 6 heteroatoms. The smallest absolute Gasteiger partial charge is 0.309 e. The Morgan fingerprint density at radius 2 is 1.00 bits per heavy atom. The molecule has 2 rings (SSSR count). The molecule has 2 amide bonds. The van der Waals surface area contributed by atoms with Crippen LogP contribution in [0, 0.1) is 0 Å². The molecule has 24 heavy (non-hydrogen) atoms. The molecule has 0 saturated heterocycles. The molecule has 0 atom stereocenters. The second-order valence-corrected chi connectivity index (χ2v) is 5.49. The lowest BCUT2D eigenvalue weighted by Gasteiger charge is -2.07. The van der Waals surface area contributed by atoms with Crippen molar-refractivity contribution in [1.82, 2.24) is 10.6 Å². The van der Waals surface area contributed by atoms with Crippen molar-refractivity contribution in [3.05, 3.63) is 59.7 Å². The number of nitrogen functional groups attached to an aromatic ring is 2. The molecule has 0 radical (unpaired) electrons. The summed E-state index contributed by atoms with van der Waals surface area (Å²) in [6, 6.07) is 14.8. The van der Waals surface area contributed by atoms with E-state index in [4.69, 9.17) is 11.5 Å². The summed E-state index contributed by atoms with van der Waals surface area (Å²) in [7, 11) is 0. The van der Waals surface area contributed by atoms with Gasteiger partial charge in [-0.25, -0.2) is 0 Å². The fourth-order valence-corrected chi connectivity index (χ4v) is 2.17. The maximum atomic E-state index is 11.7. The predicted octanol–water partition coefficient (Wildman–Crippen LogP) is 0.869. The van der Waals surface area contributed by atoms with Crippen LogP contribution in [0.3, 0.4) is 0 Å². The fourth-order valence-electron chi connectivity index (χ4n) is 2.17. The topological polar surface area (TPSA) is 110 Å². The van der Waals surface area contributed by atoms with Crippen LogP contribution in [0.5, 0.6) is 0 Å². The number of carbonyl (C=O) groups is 2. The van der Waals surface area contributed by atoms with Gasteiger partial charge in [-0.1, -0.05) is 24.3 Å². The van der Waals surface area contributed by atoms with Crippen LogP contribution in [0.2, 0.25) is 0 Å². The number of amides is 2. The van der Waals surface area contributed by atoms with Gasteiger partial charge in [0.15, 0.2) is 0 Å². The van der Waals surface area contributed by atoms with E-state index in [2.05, 4.69) is 10.6 Å². The molecule has 0 bridgehead atoms. The lowest BCUT2D eigenvalue weighted by molar-refractivity contribution is -0.139. The minimum absolute atomic E-state index is 0.397. The van der Waals surface area contributed by atoms with Gasteiger partial charge in [0.25, 0.3) is 0 Å². The molecule has 0 aliphatic carbocycles. The van der Waals surface area contributed by atoms with Gasteiger partial charge in [0.2, 0.25) is 0 Å². The van der Waals surface area contributed by atoms with E-state index < -0.39 is 11.8 Å². The first-order chi connectivity index (χ1) is 11.5. The van der Waals surface area contributed by atoms with E-state index in [0.717, 1.165) is 11.1 Å². The molecule has 0 aliphatic rings. The summed E-state index contributed by atoms with van der Waals surface area (Å²) >= 11 is 0. The first kappa shape index (κ1) is 17.3. The Bertz CT molecular complexity index is 620. The molecule has 2 aromatic rings. The zero-order valence-corrected chi connectivity index (χ0v) is 13.4. The molecular weight excluding hydrogens is 304 g/mol. The van der Waals surface area contributed by atoms with Crippen molar-refractivity contribution in [3.63, 3.8) is 0 Å². The summed E-state index contributed by atoms with van der Waals surface area (Å²) in [5.74, 6) is -1.24. The number of benzene rings is 2. The third kappa shape index (κ3) is 5.64. The largest absolute Gasteiger partial charge is 0.399 e. The van der Waals surface area contributed by atoms with Crippen molar-refractivity contribution in [2.45, 2.75) is 12.8 Å². The number of nitrogens with two attached hydrogens (primary N) is 2. The number of hydrogen-bond acceptors (Lipinski definition) is 4. The van der Waals surface area contributed by atoms with Crippen molar-refractivity contribution in [2.75, 3.05) is 24.6 Å². The minimum Gasteiger partial charge on any atom is -0.399 e. The number of hydrogen-bond donors (Lipinski definition) is 4. The van der Waals surface area contributed by atoms with E-state index in [1.54, 1.807) is 24.3 Å². The van der Waals surface area contributed by atoms with Crippen LogP contribution in [0.25, 0.3) is 0 Å². The molecule has 2 aromatic carbocycles. The maximum Gasteiger partial charge on any atom is 0.309 e. The van der Waals surface area contributed by atoms with Crippen LogP contribution >= 0.6 is 0 Å². The van der Waals surface area contributed by atoms with Gasteiger partial charge in [-0.15, -0.1) is 0 Å². The van der Waals surface area contributed by atoms with Crippen molar-refractivity contribution < 1.29 is 9.59 Å². The van der Waals surface area contributed by atoms with E-state index in [9.17, 15) is 9.59 Å². The summed E-state index contributed by atoms with van der Waals surface area (Å²) in [6.45, 7) is 0.794. The first-order valence-corrected chi connectivity index (χ1v) is 7.79. The van der Waals surface area contributed by atoms with Crippen LogP contribution in [0.4, 0.5) is 11.4 Å². The quantitative estimate of drug-likeness (QED) is 0.466. The van der Waals surface area contributed by atoms with E-state index in [0.29, 0.717) is 37.3 Å². The van der Waals surface area contributed by atoms with Crippen LogP contribution in [0.15, 0.2) is 48.5 Å². The van der Waals surface area contributed by atoms with E-state index in [1.165, 1.54) is 0 Å². The third-order valence-electron chi connectivity index (χ3n) is 3.56. The Kier molecular flexibility index (Phi) is 6.19. The van der Waals surface area contributed by atoms with E-state index in [-0.39, 0.29) is 0 Å². The van der Waals surface area contributed by atoms with Gasteiger partial charge in [0.05, 0.1) is 0 Å². The summed E-state index contributed by atoms with van der Waals surface area (Å²) in [6.07, 6.45) is 1.29. The van der Waals surface area contributed by atoms with Crippen molar-refractivity contribution in [3.8, 4) is 0 Å². The van der Waals surface area contributed by atoms with Crippen molar-refractivity contribution >= 4 is 23.2 Å². The molecule has 0 heterocycles. The first-order valence-electron chi connectivity index (χ1n) is 7.79. The highest BCUT2D eigenvalue weighted by atomic mass is 16.2. The normalized spacial score (nSPS) is 10.2. The standard InChI is InChI=1S/C18H22N4O2/c19-15-5-1-13(2-6-15)9-11-21-17(23)18(24)22-12-10-14-3-7-16(20)8-4-14/h1-8H,9-12,19-20H2,(H,21,23)(H,22,24). The zero-order valence-electron chi connectivity index (χ0n) is 13.4. The molecule has 6 N–H and O–H groups in total. The number of carbonyl (C=O) groups excluding carboxylic acids is 2. The van der Waals surface area contributed by atoms with E-state index in [1.807, 2.05) is 24.3 Å². The Morgan fingerprint density at radius 1 is 0.667 bits per heavy atom. The SMILES string of the molecule is Nc1ccc(CCNC(=O)C(=O)NCCc2ccc(N)cc2)cc1. The maximum absolute atomic E-state index is 11.7. The molecule has 0 unspecified atom stereocenters. The second-order valence-electron chi connectivity index (χ2n) is 5.49. The molecule has 0 saturated carbocycles. The van der Waals surface area contributed by atoms with E-state index >= 15 is 0 Å². The van der Waals surface area contributed by atoms with Gasteiger partial charge in [0.1, 0.15) is 0 Å². The third-order valence-corrected chi connectivity index (χ3v) is 3.56. The zero-order chi connectivity index (χ0) is 17.4. The van der Waals surface area contributed by atoms with Crippen LogP contribution in [0.1, 0.15) is 11.1 Å². The second kappa shape index (κ2) is 8.57. The summed E-state index contributed by atoms with van der Waals surface area (Å²) in [5, 5.41) is 5.21. The number of rotatable bonds is 6. The Balaban J connectivity index is 1.65. The Morgan fingerprint density at radius 3 is 1.33 bits per heavy atom. The summed E-state index contributed by atoms with van der Waals surface area (Å²) < 4.78 is 0. The van der Waals surface area contributed by atoms with Crippen LogP contribution in [-0.2, 0) is 22.4 Å². The number of nitrogens with one attached hydrogen (secondary N) is 2. The molecule has 126 valence electrons. The summed E-state index contributed by atoms with van der Waals surface area (Å²) in [4.78, 5) is 23.4. The molecule has 0 aromatic heterocycles. The minimum atomic E-state index is -0.622. The molecule has 0 aliphatic heterocycles. The highest BCUT2D eigenvalue weighted by Crippen LogP contribution is 2.06. The molecule has 6 nitrogen and oxygen atoms in total. The Labute approximate surface area is 141 Å². The highest BCUT2D eigenvalue weighted by molar-refractivity contribution is 6.35. The summed E-state index contributed by atoms with van der Waals surface area (Å²) in [5.41, 5.74) is 14.7.